The molecule has 1 aromatic rings. The zero-order valence-corrected chi connectivity index (χ0v) is 13.1. The van der Waals surface area contributed by atoms with Gasteiger partial charge in [0.2, 0.25) is 5.91 Å². The first-order valence-electron chi connectivity index (χ1n) is 7.41. The first-order valence-corrected chi connectivity index (χ1v) is 7.41. The molecule has 0 aliphatic rings. The second kappa shape index (κ2) is 10.6. The monoisotopic (exact) mass is 308 g/mol. The van der Waals surface area contributed by atoms with Gasteiger partial charge in [-0.25, -0.2) is 4.79 Å². The van der Waals surface area contributed by atoms with Crippen molar-refractivity contribution in [2.75, 3.05) is 19.7 Å². The van der Waals surface area contributed by atoms with Crippen LogP contribution < -0.4 is 10.6 Å². The molecule has 6 nitrogen and oxygen atoms in total. The summed E-state index contributed by atoms with van der Waals surface area (Å²) in [4.78, 5) is 22.8. The lowest BCUT2D eigenvalue weighted by Gasteiger charge is -2.09. The zero-order valence-electron chi connectivity index (χ0n) is 13.1. The third-order valence-electron chi connectivity index (χ3n) is 2.71. The maximum atomic E-state index is 11.5. The smallest absolute Gasteiger partial charge is 0.407 e. The van der Waals surface area contributed by atoms with Gasteiger partial charge in [0, 0.05) is 13.1 Å². The number of amides is 2. The van der Waals surface area contributed by atoms with Crippen LogP contribution in [-0.4, -0.2) is 37.8 Å². The second-order valence-electron chi connectivity index (χ2n) is 5.05. The van der Waals surface area contributed by atoms with Crippen LogP contribution in [0.25, 0.3) is 0 Å². The molecule has 0 atom stereocenters. The van der Waals surface area contributed by atoms with Gasteiger partial charge < -0.3 is 20.1 Å². The van der Waals surface area contributed by atoms with Crippen molar-refractivity contribution in [2.45, 2.75) is 33.0 Å². The Morgan fingerprint density at radius 1 is 1.09 bits per heavy atom. The standard InChI is InChI=1S/C16H24N2O4/c1-13(2)21-12-15(19)17-9-6-10-18-16(20)22-11-14-7-4-3-5-8-14/h3-5,7-8,13H,6,9-12H2,1-2H3,(H,17,19)(H,18,20). The van der Waals surface area contributed by atoms with E-state index in [1.54, 1.807) is 0 Å². The number of ether oxygens (including phenoxy) is 2. The maximum absolute atomic E-state index is 11.5. The Morgan fingerprint density at radius 3 is 2.45 bits per heavy atom. The molecule has 0 radical (unpaired) electrons. The maximum Gasteiger partial charge on any atom is 0.407 e. The van der Waals surface area contributed by atoms with Crippen LogP contribution in [0.2, 0.25) is 0 Å². The van der Waals surface area contributed by atoms with Gasteiger partial charge in [-0.3, -0.25) is 4.79 Å². The minimum Gasteiger partial charge on any atom is -0.445 e. The molecule has 2 N–H and O–H groups in total. The Bertz CT molecular complexity index is 449. The summed E-state index contributed by atoms with van der Waals surface area (Å²) in [5.41, 5.74) is 0.940. The molecular formula is C16H24N2O4. The van der Waals surface area contributed by atoms with Crippen LogP contribution in [0.5, 0.6) is 0 Å². The molecule has 1 aromatic carbocycles. The van der Waals surface area contributed by atoms with Gasteiger partial charge in [0.1, 0.15) is 13.2 Å². The number of benzene rings is 1. The average Bonchev–Trinajstić information content (AvgIpc) is 2.51. The molecule has 0 bridgehead atoms. The van der Waals surface area contributed by atoms with Crippen LogP contribution in [0.4, 0.5) is 4.79 Å². The number of nitrogens with one attached hydrogen (secondary N) is 2. The molecule has 0 aromatic heterocycles. The summed E-state index contributed by atoms with van der Waals surface area (Å²) in [7, 11) is 0. The summed E-state index contributed by atoms with van der Waals surface area (Å²) in [6, 6.07) is 9.47. The van der Waals surface area contributed by atoms with Crippen LogP contribution >= 0.6 is 0 Å². The summed E-state index contributed by atoms with van der Waals surface area (Å²) < 4.78 is 10.2. The number of hydrogen-bond donors (Lipinski definition) is 2. The van der Waals surface area contributed by atoms with Crippen molar-refractivity contribution >= 4 is 12.0 Å². The molecule has 2 amide bonds. The van der Waals surface area contributed by atoms with Gasteiger partial charge in [0.15, 0.2) is 0 Å². The van der Waals surface area contributed by atoms with E-state index < -0.39 is 6.09 Å². The summed E-state index contributed by atoms with van der Waals surface area (Å²) >= 11 is 0. The van der Waals surface area contributed by atoms with Crippen molar-refractivity contribution in [3.8, 4) is 0 Å². The third kappa shape index (κ3) is 8.97. The normalized spacial score (nSPS) is 10.3. The molecule has 22 heavy (non-hydrogen) atoms. The fourth-order valence-electron chi connectivity index (χ4n) is 1.57. The summed E-state index contributed by atoms with van der Waals surface area (Å²) in [6.07, 6.45) is 0.207. The molecule has 0 saturated carbocycles. The highest BCUT2D eigenvalue weighted by Gasteiger charge is 2.04. The van der Waals surface area contributed by atoms with Crippen molar-refractivity contribution in [3.63, 3.8) is 0 Å². The second-order valence-corrected chi connectivity index (χ2v) is 5.05. The van der Waals surface area contributed by atoms with Gasteiger partial charge in [-0.2, -0.15) is 0 Å². The van der Waals surface area contributed by atoms with E-state index in [9.17, 15) is 9.59 Å². The van der Waals surface area contributed by atoms with E-state index in [2.05, 4.69) is 10.6 Å². The number of hydrogen-bond acceptors (Lipinski definition) is 4. The Kier molecular flexibility index (Phi) is 8.67. The van der Waals surface area contributed by atoms with Crippen LogP contribution in [0.1, 0.15) is 25.8 Å². The molecular weight excluding hydrogens is 284 g/mol. The predicted molar refractivity (Wildman–Crippen MR) is 83.3 cm³/mol. The van der Waals surface area contributed by atoms with E-state index in [1.807, 2.05) is 44.2 Å². The van der Waals surface area contributed by atoms with Crippen LogP contribution in [-0.2, 0) is 20.9 Å². The Hall–Kier alpha value is -2.08. The first kappa shape index (κ1) is 18.0. The lowest BCUT2D eigenvalue weighted by atomic mass is 10.2. The van der Waals surface area contributed by atoms with E-state index >= 15 is 0 Å². The fraction of sp³-hybridized carbons (Fsp3) is 0.500. The minimum absolute atomic E-state index is 0.0341. The number of carbonyl (C=O) groups excluding carboxylic acids is 2. The van der Waals surface area contributed by atoms with Crippen molar-refractivity contribution in [2.24, 2.45) is 0 Å². The molecule has 0 aliphatic heterocycles. The number of rotatable bonds is 9. The first-order chi connectivity index (χ1) is 10.6. The minimum atomic E-state index is -0.460. The van der Waals surface area contributed by atoms with Gasteiger partial charge in [0.05, 0.1) is 6.10 Å². The van der Waals surface area contributed by atoms with E-state index in [4.69, 9.17) is 9.47 Å². The van der Waals surface area contributed by atoms with Crippen LogP contribution in [0.3, 0.4) is 0 Å². The molecule has 0 aliphatic carbocycles. The van der Waals surface area contributed by atoms with E-state index in [0.717, 1.165) is 5.56 Å². The Labute approximate surface area is 131 Å². The van der Waals surface area contributed by atoms with Crippen molar-refractivity contribution in [3.05, 3.63) is 35.9 Å². The molecule has 1 rings (SSSR count). The predicted octanol–water partition coefficient (Wildman–Crippen LogP) is 1.84. The summed E-state index contributed by atoms with van der Waals surface area (Å²) in [6.45, 7) is 4.98. The molecule has 6 heteroatoms. The van der Waals surface area contributed by atoms with E-state index in [-0.39, 0.29) is 25.2 Å². The van der Waals surface area contributed by atoms with Gasteiger partial charge in [-0.15, -0.1) is 0 Å². The quantitative estimate of drug-likeness (QED) is 0.683. The van der Waals surface area contributed by atoms with Gasteiger partial charge in [-0.1, -0.05) is 30.3 Å². The Morgan fingerprint density at radius 2 is 1.77 bits per heavy atom. The lowest BCUT2D eigenvalue weighted by molar-refractivity contribution is -0.127. The Balaban J connectivity index is 2.00. The number of carbonyl (C=O) groups is 2. The lowest BCUT2D eigenvalue weighted by Crippen LogP contribution is -2.32. The van der Waals surface area contributed by atoms with Gasteiger partial charge >= 0.3 is 6.09 Å². The van der Waals surface area contributed by atoms with Crippen LogP contribution in [0, 0.1) is 0 Å². The molecule has 0 heterocycles. The van der Waals surface area contributed by atoms with Crippen molar-refractivity contribution in [1.82, 2.24) is 10.6 Å². The molecule has 0 fully saturated rings. The zero-order chi connectivity index (χ0) is 16.2. The number of alkyl carbamates (subject to hydrolysis) is 1. The topological polar surface area (TPSA) is 76.7 Å². The van der Waals surface area contributed by atoms with Crippen molar-refractivity contribution in [1.29, 1.82) is 0 Å². The summed E-state index contributed by atoms with van der Waals surface area (Å²) in [5.74, 6) is -0.152. The molecule has 0 unspecified atom stereocenters. The highest BCUT2D eigenvalue weighted by molar-refractivity contribution is 5.77. The van der Waals surface area contributed by atoms with Crippen molar-refractivity contribution < 1.29 is 19.1 Å². The van der Waals surface area contributed by atoms with Gasteiger partial charge in [0.25, 0.3) is 0 Å². The molecule has 0 saturated heterocycles. The van der Waals surface area contributed by atoms with Gasteiger partial charge in [-0.05, 0) is 25.8 Å². The molecule has 0 spiro atoms. The highest BCUT2D eigenvalue weighted by atomic mass is 16.5. The average molecular weight is 308 g/mol. The third-order valence-corrected chi connectivity index (χ3v) is 2.71. The van der Waals surface area contributed by atoms with E-state index in [1.165, 1.54) is 0 Å². The van der Waals surface area contributed by atoms with Crippen LogP contribution in [0.15, 0.2) is 30.3 Å². The highest BCUT2D eigenvalue weighted by Crippen LogP contribution is 2.00. The summed E-state index contributed by atoms with van der Waals surface area (Å²) in [5, 5.41) is 5.35. The van der Waals surface area contributed by atoms with E-state index in [0.29, 0.717) is 19.5 Å². The fourth-order valence-corrected chi connectivity index (χ4v) is 1.57. The SMILES string of the molecule is CC(C)OCC(=O)NCCCNC(=O)OCc1ccccc1. The largest absolute Gasteiger partial charge is 0.445 e. The molecule has 122 valence electrons.